The Labute approximate surface area is 171 Å². The second kappa shape index (κ2) is 9.42. The number of allylic oxidation sites excluding steroid dienone is 1. The topological polar surface area (TPSA) is 60.0 Å². The summed E-state index contributed by atoms with van der Waals surface area (Å²) in [5.74, 6) is 0.706. The Morgan fingerprint density at radius 3 is 2.67 bits per heavy atom. The molecule has 1 atom stereocenters. The van der Waals surface area contributed by atoms with Crippen molar-refractivity contribution >= 4 is 0 Å². The fourth-order valence-corrected chi connectivity index (χ4v) is 3.06. The zero-order chi connectivity index (χ0) is 21.7. The van der Waals surface area contributed by atoms with Gasteiger partial charge in [0.15, 0.2) is 0 Å². The highest BCUT2D eigenvalue weighted by Crippen LogP contribution is 2.35. The third kappa shape index (κ3) is 5.27. The van der Waals surface area contributed by atoms with E-state index in [1.807, 2.05) is 0 Å². The number of nitrogens with one attached hydrogen (secondary N) is 1. The lowest BCUT2D eigenvalue weighted by Crippen LogP contribution is -2.10. The molecule has 162 valence electrons. The van der Waals surface area contributed by atoms with Crippen molar-refractivity contribution in [3.8, 4) is 0 Å². The largest absolute Gasteiger partial charge is 0.488 e. The van der Waals surface area contributed by atoms with E-state index in [9.17, 15) is 17.6 Å². The Bertz CT molecular complexity index is 904. The van der Waals surface area contributed by atoms with Gasteiger partial charge < -0.3 is 14.5 Å². The molecule has 0 radical (unpaired) electrons. The molecule has 0 aromatic carbocycles. The number of hydrogen-bond acceptors (Lipinski definition) is 4. The summed E-state index contributed by atoms with van der Waals surface area (Å²) in [6.07, 6.45) is 4.46. The molecule has 1 aliphatic carbocycles. The number of rotatable bonds is 9. The molecule has 1 saturated carbocycles. The summed E-state index contributed by atoms with van der Waals surface area (Å²) in [7, 11) is 1.58. The third-order valence-corrected chi connectivity index (χ3v) is 5.09. The Balaban J connectivity index is 1.61. The molecule has 5 nitrogen and oxygen atoms in total. The molecule has 2 heterocycles. The van der Waals surface area contributed by atoms with Crippen LogP contribution in [0.5, 0.6) is 0 Å². The molecule has 0 aliphatic heterocycles. The van der Waals surface area contributed by atoms with Crippen molar-refractivity contribution in [2.24, 2.45) is 0 Å². The first-order valence-corrected chi connectivity index (χ1v) is 9.56. The van der Waals surface area contributed by atoms with Crippen LogP contribution in [0.1, 0.15) is 60.5 Å². The number of alkyl halides is 3. The van der Waals surface area contributed by atoms with Crippen LogP contribution in [0, 0.1) is 5.82 Å². The van der Waals surface area contributed by atoms with E-state index in [2.05, 4.69) is 21.5 Å². The number of pyridine rings is 1. The minimum Gasteiger partial charge on any atom is -0.488 e. The maximum Gasteiger partial charge on any atom is 0.417 e. The first kappa shape index (κ1) is 22.0. The van der Waals surface area contributed by atoms with Gasteiger partial charge in [-0.3, -0.25) is 4.98 Å². The second-order valence-electron chi connectivity index (χ2n) is 7.06. The average Bonchev–Trinajstić information content (AvgIpc) is 3.12. The summed E-state index contributed by atoms with van der Waals surface area (Å²) in [6, 6.07) is 0.405. The standard InChI is InChI=1S/C21H23F4N3O2/c1-3-15(30-12-18-16(22)9-14(10-26-18)21(23,24)25)7-8-19(29-2)17-11-27-20(28-17)13-5-4-6-13/h3,7,9-11,13,19H,1,4-6,8,12H2,2H3,(H,27,28)/b15-7+. The van der Waals surface area contributed by atoms with Crippen LogP contribution in [0.2, 0.25) is 0 Å². The van der Waals surface area contributed by atoms with E-state index in [4.69, 9.17) is 9.47 Å². The van der Waals surface area contributed by atoms with Crippen LogP contribution in [-0.4, -0.2) is 22.1 Å². The molecule has 0 amide bonds. The highest BCUT2D eigenvalue weighted by Gasteiger charge is 2.32. The van der Waals surface area contributed by atoms with E-state index in [1.165, 1.54) is 12.5 Å². The normalized spacial score (nSPS) is 16.2. The van der Waals surface area contributed by atoms with Gasteiger partial charge in [0.25, 0.3) is 0 Å². The Kier molecular flexibility index (Phi) is 6.91. The number of aromatic amines is 1. The van der Waals surface area contributed by atoms with Gasteiger partial charge in [-0.1, -0.05) is 13.0 Å². The molecule has 9 heteroatoms. The van der Waals surface area contributed by atoms with Gasteiger partial charge in [-0.25, -0.2) is 9.37 Å². The fourth-order valence-electron chi connectivity index (χ4n) is 3.06. The zero-order valence-corrected chi connectivity index (χ0v) is 16.5. The number of hydrogen-bond donors (Lipinski definition) is 1. The van der Waals surface area contributed by atoms with Crippen molar-refractivity contribution in [3.05, 3.63) is 71.5 Å². The van der Waals surface area contributed by atoms with E-state index in [-0.39, 0.29) is 18.4 Å². The predicted octanol–water partition coefficient (Wildman–Crippen LogP) is 5.59. The van der Waals surface area contributed by atoms with Crippen LogP contribution in [0.25, 0.3) is 0 Å². The summed E-state index contributed by atoms with van der Waals surface area (Å²) in [6.45, 7) is 3.32. The maximum absolute atomic E-state index is 13.9. The number of imidazole rings is 1. The zero-order valence-electron chi connectivity index (χ0n) is 16.5. The summed E-state index contributed by atoms with van der Waals surface area (Å²) in [4.78, 5) is 11.3. The maximum atomic E-state index is 13.9. The molecule has 0 saturated heterocycles. The SMILES string of the molecule is C=C/C(=C\CC(OC)c1cnc(C2CCC2)[nH]1)OCc1ncc(C(F)(F)F)cc1F. The number of aromatic nitrogens is 3. The quantitative estimate of drug-likeness (QED) is 0.323. The molecule has 2 aromatic rings. The van der Waals surface area contributed by atoms with Gasteiger partial charge in [0.1, 0.15) is 35.8 Å². The first-order chi connectivity index (χ1) is 14.3. The molecule has 1 fully saturated rings. The molecule has 2 aromatic heterocycles. The van der Waals surface area contributed by atoms with Crippen molar-refractivity contribution in [2.45, 2.75) is 50.5 Å². The molecule has 0 spiro atoms. The van der Waals surface area contributed by atoms with Gasteiger partial charge in [0.2, 0.25) is 0 Å². The monoisotopic (exact) mass is 425 g/mol. The van der Waals surface area contributed by atoms with E-state index in [0.29, 0.717) is 30.4 Å². The Morgan fingerprint density at radius 1 is 1.33 bits per heavy atom. The highest BCUT2D eigenvalue weighted by atomic mass is 19.4. The van der Waals surface area contributed by atoms with Crippen molar-refractivity contribution in [3.63, 3.8) is 0 Å². The van der Waals surface area contributed by atoms with E-state index >= 15 is 0 Å². The number of halogens is 4. The van der Waals surface area contributed by atoms with Gasteiger partial charge in [-0.05, 0) is 31.1 Å². The predicted molar refractivity (Wildman–Crippen MR) is 102 cm³/mol. The average molecular weight is 425 g/mol. The van der Waals surface area contributed by atoms with Crippen LogP contribution in [0.4, 0.5) is 17.6 Å². The van der Waals surface area contributed by atoms with Crippen molar-refractivity contribution in [1.82, 2.24) is 15.0 Å². The van der Waals surface area contributed by atoms with Gasteiger partial charge in [-0.2, -0.15) is 13.2 Å². The van der Waals surface area contributed by atoms with E-state index < -0.39 is 17.6 Å². The molecule has 0 bridgehead atoms. The van der Waals surface area contributed by atoms with E-state index in [0.717, 1.165) is 24.4 Å². The number of H-pyrrole nitrogens is 1. The van der Waals surface area contributed by atoms with Crippen molar-refractivity contribution < 1.29 is 27.0 Å². The summed E-state index contributed by atoms with van der Waals surface area (Å²) >= 11 is 0. The van der Waals surface area contributed by atoms with Crippen molar-refractivity contribution in [1.29, 1.82) is 0 Å². The number of nitrogens with zero attached hydrogens (tertiary/aromatic N) is 2. The van der Waals surface area contributed by atoms with Crippen LogP contribution in [0.15, 0.2) is 43.0 Å². The smallest absolute Gasteiger partial charge is 0.417 e. The van der Waals surface area contributed by atoms with E-state index in [1.54, 1.807) is 19.4 Å². The second-order valence-corrected chi connectivity index (χ2v) is 7.06. The molecular formula is C21H23F4N3O2. The molecule has 1 unspecified atom stereocenters. The fraction of sp³-hybridized carbons (Fsp3) is 0.429. The third-order valence-electron chi connectivity index (χ3n) is 5.09. The number of ether oxygens (including phenoxy) is 2. The van der Waals surface area contributed by atoms with Crippen LogP contribution in [-0.2, 0) is 22.3 Å². The highest BCUT2D eigenvalue weighted by molar-refractivity contribution is 5.19. The minimum atomic E-state index is -4.65. The van der Waals surface area contributed by atoms with Crippen LogP contribution < -0.4 is 0 Å². The Morgan fingerprint density at radius 2 is 2.10 bits per heavy atom. The van der Waals surface area contributed by atoms with Crippen LogP contribution in [0.3, 0.4) is 0 Å². The van der Waals surface area contributed by atoms with Crippen LogP contribution >= 0.6 is 0 Å². The molecular weight excluding hydrogens is 402 g/mol. The first-order valence-electron chi connectivity index (χ1n) is 9.56. The molecule has 3 rings (SSSR count). The molecule has 30 heavy (non-hydrogen) atoms. The molecule has 1 aliphatic rings. The summed E-state index contributed by atoms with van der Waals surface area (Å²) in [5.41, 5.74) is -0.528. The van der Waals surface area contributed by atoms with Crippen molar-refractivity contribution in [2.75, 3.05) is 7.11 Å². The minimum absolute atomic E-state index is 0.224. The molecule has 1 N–H and O–H groups in total. The van der Waals surface area contributed by atoms with Gasteiger partial charge in [0, 0.05) is 25.6 Å². The van der Waals surface area contributed by atoms with Gasteiger partial charge in [-0.15, -0.1) is 0 Å². The van der Waals surface area contributed by atoms with Gasteiger partial charge in [0.05, 0.1) is 17.5 Å². The Hall–Kier alpha value is -2.68. The summed E-state index contributed by atoms with van der Waals surface area (Å²) < 4.78 is 62.7. The van der Waals surface area contributed by atoms with Gasteiger partial charge >= 0.3 is 6.18 Å². The lowest BCUT2D eigenvalue weighted by Gasteiger charge is -2.23. The lowest BCUT2D eigenvalue weighted by atomic mass is 9.85. The number of methoxy groups -OCH3 is 1. The summed E-state index contributed by atoms with van der Waals surface area (Å²) in [5, 5.41) is 0. The lowest BCUT2D eigenvalue weighted by molar-refractivity contribution is -0.138.